The highest BCUT2D eigenvalue weighted by atomic mass is 32.2. The second-order valence-corrected chi connectivity index (χ2v) is 8.25. The molecular weight excluding hydrogens is 284 g/mol. The Bertz CT molecular complexity index is 571. The lowest BCUT2D eigenvalue weighted by Crippen LogP contribution is -2.29. The summed E-state index contributed by atoms with van der Waals surface area (Å²) in [7, 11) is -3.31. The molecule has 1 heterocycles. The van der Waals surface area contributed by atoms with Gasteiger partial charge in [0.05, 0.1) is 4.90 Å². The summed E-state index contributed by atoms with van der Waals surface area (Å²) in [6.45, 7) is 2.08. The van der Waals surface area contributed by atoms with Gasteiger partial charge in [0.25, 0.3) is 0 Å². The van der Waals surface area contributed by atoms with Crippen molar-refractivity contribution >= 4 is 10.0 Å². The minimum atomic E-state index is -3.31. The van der Waals surface area contributed by atoms with Crippen molar-refractivity contribution in [3.05, 3.63) is 29.8 Å². The minimum absolute atomic E-state index is 0.430. The summed E-state index contributed by atoms with van der Waals surface area (Å²) >= 11 is 0. The van der Waals surface area contributed by atoms with Crippen LogP contribution in [0.25, 0.3) is 0 Å². The van der Waals surface area contributed by atoms with Crippen LogP contribution >= 0.6 is 0 Å². The maximum atomic E-state index is 12.7. The van der Waals surface area contributed by atoms with E-state index in [1.54, 1.807) is 16.4 Å². The van der Waals surface area contributed by atoms with Gasteiger partial charge >= 0.3 is 0 Å². The number of hydrogen-bond acceptors (Lipinski definition) is 3. The molecule has 2 N–H and O–H groups in total. The fraction of sp³-hybridized carbons (Fsp3) is 0.625. The Balaban J connectivity index is 1.73. The molecule has 1 saturated carbocycles. The zero-order chi connectivity index (χ0) is 14.9. The van der Waals surface area contributed by atoms with Gasteiger partial charge in [-0.05, 0) is 61.8 Å². The lowest BCUT2D eigenvalue weighted by Gasteiger charge is -2.17. The van der Waals surface area contributed by atoms with Gasteiger partial charge in [-0.25, -0.2) is 8.42 Å². The van der Waals surface area contributed by atoms with Crippen molar-refractivity contribution in [1.82, 2.24) is 4.31 Å². The number of rotatable bonds is 5. The van der Waals surface area contributed by atoms with Crippen LogP contribution in [-0.4, -0.2) is 32.4 Å². The number of aryl methyl sites for hydroxylation is 1. The van der Waals surface area contributed by atoms with Crippen molar-refractivity contribution < 1.29 is 8.42 Å². The molecular formula is C16H24N2O2S. The summed E-state index contributed by atoms with van der Waals surface area (Å²) in [5.74, 6) is 1.17. The monoisotopic (exact) mass is 308 g/mol. The van der Waals surface area contributed by atoms with Crippen LogP contribution in [0.1, 0.15) is 31.2 Å². The Labute approximate surface area is 127 Å². The average molecular weight is 308 g/mol. The molecule has 1 aromatic carbocycles. The maximum absolute atomic E-state index is 12.7. The summed E-state index contributed by atoms with van der Waals surface area (Å²) in [6, 6.07) is 7.32. The van der Waals surface area contributed by atoms with E-state index in [4.69, 9.17) is 5.73 Å². The summed E-state index contributed by atoms with van der Waals surface area (Å²) in [6.07, 6.45) is 5.48. The molecule has 5 heteroatoms. The molecule has 1 aliphatic heterocycles. The van der Waals surface area contributed by atoms with E-state index in [0.717, 1.165) is 18.4 Å². The normalized spacial score (nSPS) is 26.1. The molecule has 0 spiro atoms. The molecule has 2 unspecified atom stereocenters. The van der Waals surface area contributed by atoms with Gasteiger partial charge in [0, 0.05) is 13.1 Å². The summed E-state index contributed by atoms with van der Waals surface area (Å²) in [4.78, 5) is 0.430. The Morgan fingerprint density at radius 3 is 2.29 bits per heavy atom. The molecule has 4 nitrogen and oxygen atoms in total. The highest BCUT2D eigenvalue weighted by Crippen LogP contribution is 2.39. The molecule has 1 saturated heterocycles. The topological polar surface area (TPSA) is 63.4 Å². The van der Waals surface area contributed by atoms with Crippen LogP contribution in [0.3, 0.4) is 0 Å². The third-order valence-electron chi connectivity index (χ3n) is 4.92. The zero-order valence-corrected chi connectivity index (χ0v) is 13.2. The number of fused-ring (bicyclic) bond motifs is 1. The van der Waals surface area contributed by atoms with E-state index < -0.39 is 10.0 Å². The van der Waals surface area contributed by atoms with Crippen molar-refractivity contribution in [2.24, 2.45) is 17.6 Å². The Morgan fingerprint density at radius 1 is 1.10 bits per heavy atom. The van der Waals surface area contributed by atoms with Crippen molar-refractivity contribution in [1.29, 1.82) is 0 Å². The molecule has 1 aromatic rings. The quantitative estimate of drug-likeness (QED) is 0.905. The molecule has 0 aromatic heterocycles. The SMILES string of the molecule is NCCCc1ccc(S(=O)(=O)N2CC3CCCC3C2)cc1. The zero-order valence-electron chi connectivity index (χ0n) is 12.4. The van der Waals surface area contributed by atoms with Gasteiger partial charge < -0.3 is 5.73 Å². The number of nitrogens with two attached hydrogens (primary N) is 1. The summed E-state index contributed by atoms with van der Waals surface area (Å²) < 4.78 is 27.1. The van der Waals surface area contributed by atoms with Gasteiger partial charge in [0.1, 0.15) is 0 Å². The van der Waals surface area contributed by atoms with Gasteiger partial charge in [-0.2, -0.15) is 4.31 Å². The van der Waals surface area contributed by atoms with Crippen LogP contribution in [-0.2, 0) is 16.4 Å². The molecule has 0 amide bonds. The molecule has 0 radical (unpaired) electrons. The first kappa shape index (κ1) is 15.0. The maximum Gasteiger partial charge on any atom is 0.243 e. The van der Waals surface area contributed by atoms with E-state index >= 15 is 0 Å². The molecule has 0 bridgehead atoms. The van der Waals surface area contributed by atoms with Gasteiger partial charge in [0.2, 0.25) is 10.0 Å². The number of benzene rings is 1. The number of nitrogens with zero attached hydrogens (tertiary/aromatic N) is 1. The van der Waals surface area contributed by atoms with Crippen LogP contribution in [0, 0.1) is 11.8 Å². The molecule has 2 fully saturated rings. The first-order valence-corrected chi connectivity index (χ1v) is 9.34. The summed E-state index contributed by atoms with van der Waals surface area (Å²) in [5.41, 5.74) is 6.65. The second kappa shape index (κ2) is 6.07. The predicted molar refractivity (Wildman–Crippen MR) is 83.4 cm³/mol. The third kappa shape index (κ3) is 3.00. The predicted octanol–water partition coefficient (Wildman–Crippen LogP) is 2.00. The van der Waals surface area contributed by atoms with E-state index in [1.807, 2.05) is 12.1 Å². The van der Waals surface area contributed by atoms with Gasteiger partial charge in [-0.15, -0.1) is 0 Å². The fourth-order valence-electron chi connectivity index (χ4n) is 3.67. The van der Waals surface area contributed by atoms with Crippen LogP contribution in [0.5, 0.6) is 0 Å². The minimum Gasteiger partial charge on any atom is -0.330 e. The van der Waals surface area contributed by atoms with Crippen molar-refractivity contribution in [3.8, 4) is 0 Å². The molecule has 3 rings (SSSR count). The van der Waals surface area contributed by atoms with Crippen LogP contribution in [0.15, 0.2) is 29.2 Å². The highest BCUT2D eigenvalue weighted by molar-refractivity contribution is 7.89. The van der Waals surface area contributed by atoms with Gasteiger partial charge in [-0.3, -0.25) is 0 Å². The van der Waals surface area contributed by atoms with E-state index in [9.17, 15) is 8.42 Å². The molecule has 1 aliphatic carbocycles. The van der Waals surface area contributed by atoms with Crippen LogP contribution in [0.2, 0.25) is 0 Å². The van der Waals surface area contributed by atoms with Crippen LogP contribution < -0.4 is 5.73 Å². The molecule has 2 aliphatic rings. The van der Waals surface area contributed by atoms with Gasteiger partial charge in [-0.1, -0.05) is 18.6 Å². The van der Waals surface area contributed by atoms with Crippen molar-refractivity contribution in [2.45, 2.75) is 37.0 Å². The second-order valence-electron chi connectivity index (χ2n) is 6.31. The smallest absolute Gasteiger partial charge is 0.243 e. The largest absolute Gasteiger partial charge is 0.330 e. The van der Waals surface area contributed by atoms with Crippen molar-refractivity contribution in [2.75, 3.05) is 19.6 Å². The first-order chi connectivity index (χ1) is 10.1. The van der Waals surface area contributed by atoms with Crippen LogP contribution in [0.4, 0.5) is 0 Å². The van der Waals surface area contributed by atoms with E-state index in [0.29, 0.717) is 36.4 Å². The highest BCUT2D eigenvalue weighted by Gasteiger charge is 2.41. The van der Waals surface area contributed by atoms with E-state index in [1.165, 1.54) is 19.3 Å². The van der Waals surface area contributed by atoms with E-state index in [-0.39, 0.29) is 0 Å². The van der Waals surface area contributed by atoms with Crippen molar-refractivity contribution in [3.63, 3.8) is 0 Å². The Morgan fingerprint density at radius 2 is 1.71 bits per heavy atom. The van der Waals surface area contributed by atoms with Gasteiger partial charge in [0.15, 0.2) is 0 Å². The van der Waals surface area contributed by atoms with E-state index in [2.05, 4.69) is 0 Å². The fourth-order valence-corrected chi connectivity index (χ4v) is 5.23. The lowest BCUT2D eigenvalue weighted by molar-refractivity contribution is 0.445. The Hall–Kier alpha value is -0.910. The number of hydrogen-bond donors (Lipinski definition) is 1. The standard InChI is InChI=1S/C16H24N2O2S/c17-10-2-3-13-6-8-16(9-7-13)21(19,20)18-11-14-4-1-5-15(14)12-18/h6-9,14-15H,1-5,10-12,17H2. The number of sulfonamides is 1. The average Bonchev–Trinajstić information content (AvgIpc) is 3.07. The lowest BCUT2D eigenvalue weighted by atomic mass is 10.0. The summed E-state index contributed by atoms with van der Waals surface area (Å²) in [5, 5.41) is 0. The molecule has 2 atom stereocenters. The first-order valence-electron chi connectivity index (χ1n) is 7.90. The molecule has 116 valence electrons. The molecule has 21 heavy (non-hydrogen) atoms. The Kier molecular flexibility index (Phi) is 4.33. The third-order valence-corrected chi connectivity index (χ3v) is 6.77.